The lowest BCUT2D eigenvalue weighted by Gasteiger charge is -2.32. The van der Waals surface area contributed by atoms with E-state index in [1.807, 2.05) is 58.0 Å². The summed E-state index contributed by atoms with van der Waals surface area (Å²) in [7, 11) is 4.01. The van der Waals surface area contributed by atoms with Crippen LogP contribution in [0.3, 0.4) is 0 Å². The van der Waals surface area contributed by atoms with Gasteiger partial charge >= 0.3 is 0 Å². The molecule has 3 rings (SSSR count). The van der Waals surface area contributed by atoms with Crippen molar-refractivity contribution in [1.82, 2.24) is 4.90 Å². The van der Waals surface area contributed by atoms with Gasteiger partial charge in [-0.05, 0) is 49.4 Å². The summed E-state index contributed by atoms with van der Waals surface area (Å²) in [6.07, 6.45) is 6.36. The molecule has 1 unspecified atom stereocenters. The van der Waals surface area contributed by atoms with Gasteiger partial charge in [-0.15, -0.1) is 0 Å². The van der Waals surface area contributed by atoms with E-state index in [1.165, 1.54) is 0 Å². The van der Waals surface area contributed by atoms with E-state index in [9.17, 15) is 9.59 Å². The number of nitrogens with zero attached hydrogens (tertiary/aromatic N) is 2. The summed E-state index contributed by atoms with van der Waals surface area (Å²) in [6.45, 7) is 7.75. The lowest BCUT2D eigenvalue weighted by molar-refractivity contribution is -0.141. The maximum atomic E-state index is 13.3. The van der Waals surface area contributed by atoms with Gasteiger partial charge < -0.3 is 19.9 Å². The standard InChI is InChI=1S/C25H39N3O3/c1-25(2,3)24(30)28(17-21-11-8-14-31-21)16-19-15-20(12-13-22(19)27(4)5)26-23(29)18-9-6-7-10-18/h12-13,15,18,21H,6-11,14,16-17H2,1-5H3,(H,26,29). The molecule has 1 aliphatic carbocycles. The van der Waals surface area contributed by atoms with E-state index in [1.54, 1.807) is 0 Å². The van der Waals surface area contributed by atoms with Crippen LogP contribution in [0, 0.1) is 11.3 Å². The molecule has 1 saturated heterocycles. The molecule has 1 atom stereocenters. The largest absolute Gasteiger partial charge is 0.377 e. The zero-order chi connectivity index (χ0) is 22.6. The Hall–Kier alpha value is -2.08. The number of benzene rings is 1. The van der Waals surface area contributed by atoms with Gasteiger partial charge in [0.15, 0.2) is 0 Å². The zero-order valence-corrected chi connectivity index (χ0v) is 19.9. The smallest absolute Gasteiger partial charge is 0.228 e. The number of hydrogen-bond donors (Lipinski definition) is 1. The van der Waals surface area contributed by atoms with E-state index < -0.39 is 5.41 Å². The molecular weight excluding hydrogens is 390 g/mol. The van der Waals surface area contributed by atoms with Gasteiger partial charge in [-0.1, -0.05) is 33.6 Å². The van der Waals surface area contributed by atoms with Crippen LogP contribution in [0.1, 0.15) is 64.9 Å². The van der Waals surface area contributed by atoms with Crippen LogP contribution < -0.4 is 10.2 Å². The van der Waals surface area contributed by atoms with E-state index in [4.69, 9.17) is 4.74 Å². The second-order valence-corrected chi connectivity index (χ2v) is 10.3. The van der Waals surface area contributed by atoms with Crippen molar-refractivity contribution in [3.05, 3.63) is 23.8 Å². The highest BCUT2D eigenvalue weighted by Crippen LogP contribution is 2.30. The van der Waals surface area contributed by atoms with Gasteiger partial charge in [0, 0.05) is 56.5 Å². The summed E-state index contributed by atoms with van der Waals surface area (Å²) in [5.41, 5.74) is 2.42. The molecule has 1 heterocycles. The minimum Gasteiger partial charge on any atom is -0.377 e. The van der Waals surface area contributed by atoms with Crippen LogP contribution in [-0.4, -0.2) is 50.1 Å². The first kappa shape index (κ1) is 23.6. The van der Waals surface area contributed by atoms with E-state index in [2.05, 4.69) is 10.2 Å². The number of anilines is 2. The van der Waals surface area contributed by atoms with Gasteiger partial charge in [-0.25, -0.2) is 0 Å². The summed E-state index contributed by atoms with van der Waals surface area (Å²) in [4.78, 5) is 29.9. The van der Waals surface area contributed by atoms with Crippen LogP contribution in [0.5, 0.6) is 0 Å². The Kier molecular flexibility index (Phi) is 7.63. The first-order valence-corrected chi connectivity index (χ1v) is 11.7. The Morgan fingerprint density at radius 3 is 2.39 bits per heavy atom. The molecule has 0 spiro atoms. The highest BCUT2D eigenvalue weighted by molar-refractivity contribution is 5.93. The molecule has 2 amide bonds. The van der Waals surface area contributed by atoms with Crippen LogP contribution in [0.4, 0.5) is 11.4 Å². The van der Waals surface area contributed by atoms with Crippen molar-refractivity contribution in [1.29, 1.82) is 0 Å². The Labute approximate surface area is 187 Å². The van der Waals surface area contributed by atoms with Gasteiger partial charge in [0.25, 0.3) is 0 Å². The normalized spacial score (nSPS) is 19.5. The van der Waals surface area contributed by atoms with E-state index in [0.717, 1.165) is 62.1 Å². The van der Waals surface area contributed by atoms with Crippen LogP contribution in [-0.2, 0) is 20.9 Å². The molecule has 1 aromatic carbocycles. The number of amides is 2. The summed E-state index contributed by atoms with van der Waals surface area (Å²) >= 11 is 0. The van der Waals surface area contributed by atoms with Gasteiger partial charge in [0.05, 0.1) is 6.10 Å². The number of ether oxygens (including phenoxy) is 1. The Bertz CT molecular complexity index is 773. The third-order valence-electron chi connectivity index (χ3n) is 6.29. The number of nitrogens with one attached hydrogen (secondary N) is 1. The molecule has 6 heteroatoms. The molecule has 0 aromatic heterocycles. The molecule has 2 aliphatic rings. The summed E-state index contributed by atoms with van der Waals surface area (Å²) in [5, 5.41) is 3.11. The molecule has 172 valence electrons. The Morgan fingerprint density at radius 2 is 1.81 bits per heavy atom. The summed E-state index contributed by atoms with van der Waals surface area (Å²) < 4.78 is 5.83. The molecule has 31 heavy (non-hydrogen) atoms. The molecule has 1 aliphatic heterocycles. The minimum atomic E-state index is -0.467. The minimum absolute atomic E-state index is 0.0966. The Morgan fingerprint density at radius 1 is 1.10 bits per heavy atom. The number of carbonyl (C=O) groups excluding carboxylic acids is 2. The van der Waals surface area contributed by atoms with E-state index in [0.29, 0.717) is 13.1 Å². The van der Waals surface area contributed by atoms with Crippen LogP contribution in [0.2, 0.25) is 0 Å². The maximum Gasteiger partial charge on any atom is 0.228 e. The molecule has 1 saturated carbocycles. The molecule has 0 bridgehead atoms. The average Bonchev–Trinajstić information content (AvgIpc) is 3.40. The first-order valence-electron chi connectivity index (χ1n) is 11.7. The second-order valence-electron chi connectivity index (χ2n) is 10.3. The van der Waals surface area contributed by atoms with Crippen LogP contribution in [0.25, 0.3) is 0 Å². The van der Waals surface area contributed by atoms with Crippen LogP contribution in [0.15, 0.2) is 18.2 Å². The predicted octanol–water partition coefficient (Wildman–Crippen LogP) is 4.44. The van der Waals surface area contributed by atoms with Crippen molar-refractivity contribution in [2.24, 2.45) is 11.3 Å². The van der Waals surface area contributed by atoms with Gasteiger partial charge in [-0.2, -0.15) is 0 Å². The lowest BCUT2D eigenvalue weighted by atomic mass is 9.94. The van der Waals surface area contributed by atoms with E-state index in [-0.39, 0.29) is 23.8 Å². The third kappa shape index (κ3) is 6.22. The fourth-order valence-electron chi connectivity index (χ4n) is 4.59. The van der Waals surface area contributed by atoms with Crippen molar-refractivity contribution in [3.63, 3.8) is 0 Å². The molecule has 1 aromatic rings. The fourth-order valence-corrected chi connectivity index (χ4v) is 4.59. The van der Waals surface area contributed by atoms with Crippen molar-refractivity contribution < 1.29 is 14.3 Å². The first-order chi connectivity index (χ1) is 14.6. The van der Waals surface area contributed by atoms with Gasteiger partial charge in [0.2, 0.25) is 11.8 Å². The SMILES string of the molecule is CN(C)c1ccc(NC(=O)C2CCCC2)cc1CN(CC1CCCO1)C(=O)C(C)(C)C. The summed E-state index contributed by atoms with van der Waals surface area (Å²) in [5.74, 6) is 0.353. The molecule has 6 nitrogen and oxygen atoms in total. The predicted molar refractivity (Wildman–Crippen MR) is 125 cm³/mol. The number of rotatable bonds is 7. The van der Waals surface area contributed by atoms with Crippen molar-refractivity contribution in [2.75, 3.05) is 37.5 Å². The van der Waals surface area contributed by atoms with Crippen molar-refractivity contribution in [3.8, 4) is 0 Å². The summed E-state index contributed by atoms with van der Waals surface area (Å²) in [6, 6.07) is 6.02. The Balaban J connectivity index is 1.83. The zero-order valence-electron chi connectivity index (χ0n) is 19.9. The monoisotopic (exact) mass is 429 g/mol. The van der Waals surface area contributed by atoms with Crippen molar-refractivity contribution >= 4 is 23.2 Å². The second kappa shape index (κ2) is 10.0. The topological polar surface area (TPSA) is 61.9 Å². The highest BCUT2D eigenvalue weighted by atomic mass is 16.5. The molecule has 2 fully saturated rings. The quantitative estimate of drug-likeness (QED) is 0.696. The molecular formula is C25H39N3O3. The number of carbonyl (C=O) groups is 2. The van der Waals surface area contributed by atoms with Crippen LogP contribution >= 0.6 is 0 Å². The molecule has 0 radical (unpaired) electrons. The molecule has 1 N–H and O–H groups in total. The van der Waals surface area contributed by atoms with Gasteiger partial charge in [-0.3, -0.25) is 9.59 Å². The number of hydrogen-bond acceptors (Lipinski definition) is 4. The third-order valence-corrected chi connectivity index (χ3v) is 6.29. The average molecular weight is 430 g/mol. The van der Waals surface area contributed by atoms with Gasteiger partial charge in [0.1, 0.15) is 0 Å². The highest BCUT2D eigenvalue weighted by Gasteiger charge is 2.31. The fraction of sp³-hybridized carbons (Fsp3) is 0.680. The van der Waals surface area contributed by atoms with E-state index >= 15 is 0 Å². The maximum absolute atomic E-state index is 13.3. The lowest BCUT2D eigenvalue weighted by Crippen LogP contribution is -2.43. The van der Waals surface area contributed by atoms with Crippen molar-refractivity contribution in [2.45, 2.75) is 71.9 Å².